The first-order chi connectivity index (χ1) is 9.59. The van der Waals surface area contributed by atoms with Gasteiger partial charge < -0.3 is 10.2 Å². The molecule has 0 saturated heterocycles. The minimum Gasteiger partial charge on any atom is -0.349 e. The van der Waals surface area contributed by atoms with Crippen LogP contribution in [0.15, 0.2) is 41.8 Å². The highest BCUT2D eigenvalue weighted by molar-refractivity contribution is 7.12. The van der Waals surface area contributed by atoms with Crippen LogP contribution >= 0.6 is 11.3 Å². The fourth-order valence-electron chi connectivity index (χ4n) is 2.15. The summed E-state index contributed by atoms with van der Waals surface area (Å²) in [6, 6.07) is 12.4. The number of aryl methyl sites for hydroxylation is 1. The third kappa shape index (κ3) is 3.46. The minimum atomic E-state index is 0.0141. The zero-order valence-electron chi connectivity index (χ0n) is 12.1. The van der Waals surface area contributed by atoms with Crippen molar-refractivity contribution in [2.75, 3.05) is 20.6 Å². The van der Waals surface area contributed by atoms with E-state index in [-0.39, 0.29) is 11.9 Å². The lowest BCUT2D eigenvalue weighted by atomic mass is 10.1. The van der Waals surface area contributed by atoms with Crippen molar-refractivity contribution in [3.05, 3.63) is 57.8 Å². The molecule has 4 heteroatoms. The maximum absolute atomic E-state index is 12.2. The summed E-state index contributed by atoms with van der Waals surface area (Å²) in [5.41, 5.74) is 2.24. The van der Waals surface area contributed by atoms with Crippen LogP contribution in [0.25, 0.3) is 0 Å². The maximum Gasteiger partial charge on any atom is 0.261 e. The van der Waals surface area contributed by atoms with Gasteiger partial charge in [-0.1, -0.05) is 30.3 Å². The van der Waals surface area contributed by atoms with Gasteiger partial charge in [-0.05, 0) is 43.6 Å². The van der Waals surface area contributed by atoms with E-state index in [0.717, 1.165) is 10.4 Å². The van der Waals surface area contributed by atoms with E-state index in [1.807, 2.05) is 50.7 Å². The van der Waals surface area contributed by atoms with Crippen molar-refractivity contribution in [2.24, 2.45) is 0 Å². The first-order valence-corrected chi connectivity index (χ1v) is 7.51. The van der Waals surface area contributed by atoms with E-state index >= 15 is 0 Å². The number of benzene rings is 1. The molecule has 1 heterocycles. The average Bonchev–Trinajstić information content (AvgIpc) is 2.86. The van der Waals surface area contributed by atoms with Crippen molar-refractivity contribution in [3.8, 4) is 0 Å². The Morgan fingerprint density at radius 3 is 2.50 bits per heavy atom. The summed E-state index contributed by atoms with van der Waals surface area (Å²) in [5.74, 6) is 0.0141. The van der Waals surface area contributed by atoms with Gasteiger partial charge in [0.25, 0.3) is 5.91 Å². The second kappa shape index (κ2) is 6.68. The molecular weight excluding hydrogens is 268 g/mol. The first-order valence-electron chi connectivity index (χ1n) is 6.63. The molecule has 106 valence electrons. The lowest BCUT2D eigenvalue weighted by Crippen LogP contribution is -2.34. The molecule has 0 aliphatic carbocycles. The molecule has 2 aromatic rings. The Hall–Kier alpha value is -1.65. The van der Waals surface area contributed by atoms with Crippen molar-refractivity contribution >= 4 is 17.2 Å². The van der Waals surface area contributed by atoms with E-state index < -0.39 is 0 Å². The Bertz CT molecular complexity index is 563. The fourth-order valence-corrected chi connectivity index (χ4v) is 2.99. The number of hydrogen-bond donors (Lipinski definition) is 1. The number of hydrogen-bond acceptors (Lipinski definition) is 3. The molecule has 0 aliphatic heterocycles. The summed E-state index contributed by atoms with van der Waals surface area (Å²) in [5, 5.41) is 4.98. The predicted octanol–water partition coefficient (Wildman–Crippen LogP) is 3.09. The number of nitrogens with zero attached hydrogens (tertiary/aromatic N) is 1. The summed E-state index contributed by atoms with van der Waals surface area (Å²) in [6.07, 6.45) is 0. The third-order valence-corrected chi connectivity index (χ3v) is 4.35. The van der Waals surface area contributed by atoms with Crippen molar-refractivity contribution in [3.63, 3.8) is 0 Å². The predicted molar refractivity (Wildman–Crippen MR) is 84.3 cm³/mol. The van der Waals surface area contributed by atoms with Gasteiger partial charge in [-0.3, -0.25) is 4.79 Å². The summed E-state index contributed by atoms with van der Waals surface area (Å²) < 4.78 is 0. The zero-order chi connectivity index (χ0) is 14.5. The number of amides is 1. The number of thiophene rings is 1. The van der Waals surface area contributed by atoms with E-state index in [0.29, 0.717) is 6.54 Å². The molecule has 20 heavy (non-hydrogen) atoms. The van der Waals surface area contributed by atoms with E-state index in [1.165, 1.54) is 16.9 Å². The van der Waals surface area contributed by atoms with Gasteiger partial charge in [-0.15, -0.1) is 11.3 Å². The lowest BCUT2D eigenvalue weighted by molar-refractivity contribution is 0.0945. The molecule has 1 atom stereocenters. The van der Waals surface area contributed by atoms with Crippen molar-refractivity contribution in [2.45, 2.75) is 13.0 Å². The summed E-state index contributed by atoms with van der Waals surface area (Å²) >= 11 is 1.49. The molecule has 1 aromatic heterocycles. The summed E-state index contributed by atoms with van der Waals surface area (Å²) in [6.45, 7) is 2.57. The van der Waals surface area contributed by atoms with Gasteiger partial charge in [0, 0.05) is 6.54 Å². The van der Waals surface area contributed by atoms with Crippen molar-refractivity contribution < 1.29 is 4.79 Å². The van der Waals surface area contributed by atoms with E-state index in [9.17, 15) is 4.79 Å². The van der Waals surface area contributed by atoms with Crippen LogP contribution in [-0.4, -0.2) is 31.4 Å². The SMILES string of the molecule is Cc1ccsc1C(=O)NCC(c1ccccc1)N(C)C. The van der Waals surface area contributed by atoms with E-state index in [2.05, 4.69) is 22.3 Å². The molecule has 0 radical (unpaired) electrons. The second-order valence-electron chi connectivity index (χ2n) is 5.03. The lowest BCUT2D eigenvalue weighted by Gasteiger charge is -2.25. The molecule has 2 rings (SSSR count). The highest BCUT2D eigenvalue weighted by atomic mass is 32.1. The van der Waals surface area contributed by atoms with Crippen LogP contribution in [0.3, 0.4) is 0 Å². The molecule has 3 nitrogen and oxygen atoms in total. The molecule has 1 unspecified atom stereocenters. The number of carbonyl (C=O) groups excluding carboxylic acids is 1. The topological polar surface area (TPSA) is 32.3 Å². The van der Waals surface area contributed by atoms with Crippen LogP contribution in [0.2, 0.25) is 0 Å². The van der Waals surface area contributed by atoms with Gasteiger partial charge in [-0.25, -0.2) is 0 Å². The molecule has 1 N–H and O–H groups in total. The summed E-state index contributed by atoms with van der Waals surface area (Å²) in [7, 11) is 4.06. The largest absolute Gasteiger partial charge is 0.349 e. The molecule has 0 spiro atoms. The van der Waals surface area contributed by atoms with Gasteiger partial charge in [-0.2, -0.15) is 0 Å². The maximum atomic E-state index is 12.2. The normalized spacial score (nSPS) is 12.4. The van der Waals surface area contributed by atoms with Crippen LogP contribution in [0.5, 0.6) is 0 Å². The first kappa shape index (κ1) is 14.8. The van der Waals surface area contributed by atoms with Gasteiger partial charge in [0.1, 0.15) is 0 Å². The molecular formula is C16H20N2OS. The van der Waals surface area contributed by atoms with E-state index in [1.54, 1.807) is 0 Å². The van der Waals surface area contributed by atoms with Crippen LogP contribution in [0, 0.1) is 6.92 Å². The highest BCUT2D eigenvalue weighted by Crippen LogP contribution is 2.18. The highest BCUT2D eigenvalue weighted by Gasteiger charge is 2.16. The monoisotopic (exact) mass is 288 g/mol. The fraction of sp³-hybridized carbons (Fsp3) is 0.312. The molecule has 0 aliphatic rings. The number of nitrogens with one attached hydrogen (secondary N) is 1. The third-order valence-electron chi connectivity index (χ3n) is 3.33. The van der Waals surface area contributed by atoms with Gasteiger partial charge in [0.2, 0.25) is 0 Å². The number of rotatable bonds is 5. The smallest absolute Gasteiger partial charge is 0.261 e. The minimum absolute atomic E-state index is 0.0141. The number of carbonyl (C=O) groups is 1. The molecule has 0 fully saturated rings. The van der Waals surface area contributed by atoms with Crippen molar-refractivity contribution in [1.82, 2.24) is 10.2 Å². The Labute approximate surface area is 124 Å². The number of likely N-dealkylation sites (N-methyl/N-ethyl adjacent to an activating group) is 1. The van der Waals surface area contributed by atoms with Crippen LogP contribution in [0.4, 0.5) is 0 Å². The molecule has 0 bridgehead atoms. The van der Waals surface area contributed by atoms with Crippen LogP contribution < -0.4 is 5.32 Å². The Morgan fingerprint density at radius 1 is 1.25 bits per heavy atom. The van der Waals surface area contributed by atoms with Gasteiger partial charge >= 0.3 is 0 Å². The average molecular weight is 288 g/mol. The summed E-state index contributed by atoms with van der Waals surface area (Å²) in [4.78, 5) is 15.1. The van der Waals surface area contributed by atoms with Gasteiger partial charge in [0.05, 0.1) is 10.9 Å². The Balaban J connectivity index is 2.04. The molecule has 0 saturated carbocycles. The van der Waals surface area contributed by atoms with Crippen LogP contribution in [0.1, 0.15) is 26.8 Å². The quantitative estimate of drug-likeness (QED) is 0.917. The van der Waals surface area contributed by atoms with E-state index in [4.69, 9.17) is 0 Å². The van der Waals surface area contributed by atoms with Crippen LogP contribution in [-0.2, 0) is 0 Å². The van der Waals surface area contributed by atoms with Gasteiger partial charge in [0.15, 0.2) is 0 Å². The Morgan fingerprint density at radius 2 is 1.95 bits per heavy atom. The Kier molecular flexibility index (Phi) is 4.93. The van der Waals surface area contributed by atoms with Crippen molar-refractivity contribution in [1.29, 1.82) is 0 Å². The second-order valence-corrected chi connectivity index (χ2v) is 5.95. The standard InChI is InChI=1S/C16H20N2OS/c1-12-9-10-20-15(12)16(19)17-11-14(18(2)3)13-7-5-4-6-8-13/h4-10,14H,11H2,1-3H3,(H,17,19). The zero-order valence-corrected chi connectivity index (χ0v) is 12.9. The molecule has 1 aromatic carbocycles. The molecule has 1 amide bonds.